The summed E-state index contributed by atoms with van der Waals surface area (Å²) in [6, 6.07) is 9.32. The molecule has 3 N–H and O–H groups in total. The second kappa shape index (κ2) is 8.16. The number of hydrogen-bond donors (Lipinski definition) is 3. The first-order chi connectivity index (χ1) is 9.54. The summed E-state index contributed by atoms with van der Waals surface area (Å²) in [5.41, 5.74) is 1.02. The van der Waals surface area contributed by atoms with E-state index < -0.39 is 12.1 Å². The third-order valence-corrected chi connectivity index (χ3v) is 2.86. The van der Waals surface area contributed by atoms with Crippen LogP contribution in [0, 0.1) is 0 Å². The second-order valence-corrected chi connectivity index (χ2v) is 4.37. The average molecular weight is 280 g/mol. The minimum Gasteiger partial charge on any atom is -0.479 e. The molecule has 0 bridgehead atoms. The Morgan fingerprint density at radius 2 is 1.95 bits per heavy atom. The molecule has 6 nitrogen and oxygen atoms in total. The summed E-state index contributed by atoms with van der Waals surface area (Å²) < 4.78 is 0. The van der Waals surface area contributed by atoms with Gasteiger partial charge in [-0.05, 0) is 12.5 Å². The van der Waals surface area contributed by atoms with Gasteiger partial charge in [0.1, 0.15) is 0 Å². The van der Waals surface area contributed by atoms with Gasteiger partial charge >= 0.3 is 12.0 Å². The Balaban J connectivity index is 2.41. The zero-order chi connectivity index (χ0) is 15.0. The second-order valence-electron chi connectivity index (χ2n) is 4.37. The van der Waals surface area contributed by atoms with Gasteiger partial charge in [0.15, 0.2) is 6.10 Å². The number of carboxylic acids is 1. The van der Waals surface area contributed by atoms with E-state index in [9.17, 15) is 9.59 Å². The molecule has 0 fully saturated rings. The molecule has 0 aliphatic heterocycles. The van der Waals surface area contributed by atoms with Crippen LogP contribution in [0.15, 0.2) is 30.3 Å². The summed E-state index contributed by atoms with van der Waals surface area (Å²) >= 11 is 0. The lowest BCUT2D eigenvalue weighted by atomic mass is 10.2. The van der Waals surface area contributed by atoms with Gasteiger partial charge in [0.25, 0.3) is 0 Å². The van der Waals surface area contributed by atoms with Crippen LogP contribution < -0.4 is 5.32 Å². The van der Waals surface area contributed by atoms with Gasteiger partial charge in [-0.25, -0.2) is 9.59 Å². The molecule has 0 saturated carbocycles. The Hall–Kier alpha value is -2.08. The number of nitrogens with one attached hydrogen (secondary N) is 1. The van der Waals surface area contributed by atoms with Crippen molar-refractivity contribution in [2.75, 3.05) is 13.1 Å². The molecule has 0 aliphatic rings. The van der Waals surface area contributed by atoms with Crippen molar-refractivity contribution in [1.82, 2.24) is 10.2 Å². The lowest BCUT2D eigenvalue weighted by Gasteiger charge is -2.21. The van der Waals surface area contributed by atoms with Crippen molar-refractivity contribution in [3.8, 4) is 0 Å². The number of hydrogen-bond acceptors (Lipinski definition) is 3. The normalized spacial score (nSPS) is 11.7. The topological polar surface area (TPSA) is 89.9 Å². The zero-order valence-corrected chi connectivity index (χ0v) is 11.5. The van der Waals surface area contributed by atoms with E-state index in [-0.39, 0.29) is 19.0 Å². The van der Waals surface area contributed by atoms with Crippen LogP contribution in [0.2, 0.25) is 0 Å². The smallest absolute Gasteiger partial charge is 0.332 e. The van der Waals surface area contributed by atoms with Crippen LogP contribution in [0.1, 0.15) is 18.9 Å². The molecule has 0 unspecified atom stereocenters. The molecule has 1 atom stereocenters. The maximum Gasteiger partial charge on any atom is 0.332 e. The maximum atomic E-state index is 11.9. The number of amides is 2. The summed E-state index contributed by atoms with van der Waals surface area (Å²) in [6.07, 6.45) is -1.45. The zero-order valence-electron chi connectivity index (χ0n) is 11.5. The van der Waals surface area contributed by atoms with Crippen LogP contribution in [0.5, 0.6) is 0 Å². The van der Waals surface area contributed by atoms with E-state index in [4.69, 9.17) is 10.2 Å². The van der Waals surface area contributed by atoms with Crippen molar-refractivity contribution < 1.29 is 19.8 Å². The molecule has 1 rings (SSSR count). The predicted octanol–water partition coefficient (Wildman–Crippen LogP) is 1.05. The van der Waals surface area contributed by atoms with Crippen LogP contribution >= 0.6 is 0 Å². The molecule has 0 radical (unpaired) electrons. The Kier molecular flexibility index (Phi) is 6.52. The summed E-state index contributed by atoms with van der Waals surface area (Å²) in [7, 11) is 0. The SMILES string of the molecule is CCN(Cc1ccccc1)C(=O)NCC[C@H](O)C(=O)O. The molecule has 0 saturated heterocycles. The molecular formula is C14H20N2O4. The first-order valence-electron chi connectivity index (χ1n) is 6.52. The summed E-state index contributed by atoms with van der Waals surface area (Å²) in [5.74, 6) is -1.28. The first kappa shape index (κ1) is 16.0. The largest absolute Gasteiger partial charge is 0.479 e. The Labute approximate surface area is 118 Å². The molecule has 0 aliphatic carbocycles. The van der Waals surface area contributed by atoms with E-state index in [1.807, 2.05) is 37.3 Å². The number of urea groups is 1. The number of aliphatic carboxylic acids is 1. The van der Waals surface area contributed by atoms with Crippen molar-refractivity contribution in [3.63, 3.8) is 0 Å². The lowest BCUT2D eigenvalue weighted by molar-refractivity contribution is -0.146. The molecule has 1 aromatic carbocycles. The van der Waals surface area contributed by atoms with Crippen LogP contribution in [-0.2, 0) is 11.3 Å². The highest BCUT2D eigenvalue weighted by Gasteiger charge is 2.15. The molecule has 0 spiro atoms. The van der Waals surface area contributed by atoms with Crippen LogP contribution in [-0.4, -0.2) is 46.3 Å². The minimum absolute atomic E-state index is 0.00996. The van der Waals surface area contributed by atoms with E-state index in [0.717, 1.165) is 5.56 Å². The fourth-order valence-corrected chi connectivity index (χ4v) is 1.68. The molecule has 2 amide bonds. The van der Waals surface area contributed by atoms with Crippen LogP contribution in [0.4, 0.5) is 4.79 Å². The van der Waals surface area contributed by atoms with Crippen molar-refractivity contribution >= 4 is 12.0 Å². The van der Waals surface area contributed by atoms with Crippen molar-refractivity contribution in [1.29, 1.82) is 0 Å². The summed E-state index contributed by atoms with van der Waals surface area (Å²) in [4.78, 5) is 24.0. The van der Waals surface area contributed by atoms with Crippen LogP contribution in [0.3, 0.4) is 0 Å². The molecular weight excluding hydrogens is 260 g/mol. The van der Waals surface area contributed by atoms with Crippen molar-refractivity contribution in [2.45, 2.75) is 26.0 Å². The van der Waals surface area contributed by atoms with Gasteiger partial charge in [0.2, 0.25) is 0 Å². The standard InChI is InChI=1S/C14H20N2O4/c1-2-16(10-11-6-4-3-5-7-11)14(20)15-9-8-12(17)13(18)19/h3-7,12,17H,2,8-10H2,1H3,(H,15,20)(H,18,19)/t12-/m0/s1. The number of rotatable bonds is 7. The monoisotopic (exact) mass is 280 g/mol. The van der Waals surface area contributed by atoms with Gasteiger partial charge in [0.05, 0.1) is 0 Å². The predicted molar refractivity (Wildman–Crippen MR) is 74.2 cm³/mol. The van der Waals surface area contributed by atoms with Gasteiger partial charge in [-0.3, -0.25) is 0 Å². The highest BCUT2D eigenvalue weighted by atomic mass is 16.4. The van der Waals surface area contributed by atoms with Gasteiger partial charge in [-0.15, -0.1) is 0 Å². The van der Waals surface area contributed by atoms with E-state index in [2.05, 4.69) is 5.32 Å². The fraction of sp³-hybridized carbons (Fsp3) is 0.429. The molecule has 20 heavy (non-hydrogen) atoms. The Morgan fingerprint density at radius 1 is 1.30 bits per heavy atom. The number of benzene rings is 1. The summed E-state index contributed by atoms with van der Waals surface area (Å²) in [5, 5.41) is 20.2. The molecule has 6 heteroatoms. The van der Waals surface area contributed by atoms with E-state index in [1.54, 1.807) is 4.90 Å². The molecule has 1 aromatic rings. The molecule has 0 aromatic heterocycles. The Morgan fingerprint density at radius 3 is 2.50 bits per heavy atom. The number of carbonyl (C=O) groups is 2. The lowest BCUT2D eigenvalue weighted by Crippen LogP contribution is -2.40. The number of carboxylic acid groups (broad SMARTS) is 1. The Bertz CT molecular complexity index is 436. The number of nitrogens with zero attached hydrogens (tertiary/aromatic N) is 1. The summed E-state index contributed by atoms with van der Waals surface area (Å²) in [6.45, 7) is 3.03. The quantitative estimate of drug-likeness (QED) is 0.696. The molecule has 0 heterocycles. The van der Waals surface area contributed by atoms with Gasteiger partial charge in [-0.1, -0.05) is 30.3 Å². The highest BCUT2D eigenvalue weighted by molar-refractivity contribution is 5.74. The van der Waals surface area contributed by atoms with E-state index in [0.29, 0.717) is 13.1 Å². The van der Waals surface area contributed by atoms with Crippen molar-refractivity contribution in [3.05, 3.63) is 35.9 Å². The number of aliphatic hydroxyl groups excluding tert-OH is 1. The highest BCUT2D eigenvalue weighted by Crippen LogP contribution is 2.04. The van der Waals surface area contributed by atoms with E-state index >= 15 is 0 Å². The van der Waals surface area contributed by atoms with Crippen molar-refractivity contribution in [2.24, 2.45) is 0 Å². The third-order valence-electron chi connectivity index (χ3n) is 2.86. The van der Waals surface area contributed by atoms with E-state index in [1.165, 1.54) is 0 Å². The van der Waals surface area contributed by atoms with Gasteiger partial charge < -0.3 is 20.4 Å². The number of aliphatic hydroxyl groups is 1. The van der Waals surface area contributed by atoms with Gasteiger partial charge in [0, 0.05) is 26.1 Å². The van der Waals surface area contributed by atoms with Gasteiger partial charge in [-0.2, -0.15) is 0 Å². The third kappa shape index (κ3) is 5.27. The fourth-order valence-electron chi connectivity index (χ4n) is 1.68. The number of carbonyl (C=O) groups excluding carboxylic acids is 1. The first-order valence-corrected chi connectivity index (χ1v) is 6.52. The average Bonchev–Trinajstić information content (AvgIpc) is 2.45. The minimum atomic E-state index is -1.44. The molecule has 110 valence electrons. The van der Waals surface area contributed by atoms with Crippen LogP contribution in [0.25, 0.3) is 0 Å². The maximum absolute atomic E-state index is 11.9.